The second-order valence-corrected chi connectivity index (χ2v) is 6.82. The van der Waals surface area contributed by atoms with Gasteiger partial charge in [-0.25, -0.2) is 0 Å². The molecule has 2 aromatic carbocycles. The Kier molecular flexibility index (Phi) is 6.65. The molecule has 23 heavy (non-hydrogen) atoms. The highest BCUT2D eigenvalue weighted by atomic mass is 35.5. The predicted octanol–water partition coefficient (Wildman–Crippen LogP) is 6.34. The van der Waals surface area contributed by atoms with Gasteiger partial charge in [-0.05, 0) is 54.3 Å². The molecule has 0 bridgehead atoms. The lowest BCUT2D eigenvalue weighted by Crippen LogP contribution is -2.24. The molecule has 0 aliphatic heterocycles. The Labute approximate surface area is 158 Å². The lowest BCUT2D eigenvalue weighted by Gasteiger charge is -2.32. The van der Waals surface area contributed by atoms with E-state index in [1.54, 1.807) is 0 Å². The highest BCUT2D eigenvalue weighted by Gasteiger charge is 2.27. The predicted molar refractivity (Wildman–Crippen MR) is 103 cm³/mol. The molecule has 0 saturated carbocycles. The highest BCUT2D eigenvalue weighted by molar-refractivity contribution is 6.42. The summed E-state index contributed by atoms with van der Waals surface area (Å²) < 4.78 is 0. The topological polar surface area (TPSA) is 12.0 Å². The van der Waals surface area contributed by atoms with Crippen molar-refractivity contribution in [3.8, 4) is 0 Å². The van der Waals surface area contributed by atoms with Gasteiger partial charge in [-0.3, -0.25) is 0 Å². The average molecular weight is 391 g/mol. The van der Waals surface area contributed by atoms with Crippen molar-refractivity contribution < 1.29 is 0 Å². The number of hydrogen-bond donors (Lipinski definition) is 1. The lowest BCUT2D eigenvalue weighted by atomic mass is 9.76. The molecule has 0 aromatic heterocycles. The van der Waals surface area contributed by atoms with Crippen LogP contribution in [0.3, 0.4) is 0 Å². The normalized spacial score (nSPS) is 19.8. The largest absolute Gasteiger partial charge is 0.313 e. The fourth-order valence-electron chi connectivity index (χ4n) is 3.35. The van der Waals surface area contributed by atoms with Crippen molar-refractivity contribution in [2.75, 3.05) is 7.05 Å². The van der Waals surface area contributed by atoms with Gasteiger partial charge in [-0.2, -0.15) is 0 Å². The molecular formula is C18H19Cl4N. The second-order valence-electron chi connectivity index (χ2n) is 5.74. The zero-order valence-electron chi connectivity index (χ0n) is 12.8. The maximum absolute atomic E-state index is 6.20. The molecule has 2 atom stereocenters. The van der Waals surface area contributed by atoms with Crippen LogP contribution in [-0.2, 0) is 5.88 Å². The maximum atomic E-state index is 6.20. The number of benzene rings is 2. The first-order chi connectivity index (χ1) is 10.6. The standard InChI is InChI=1S/C18H18Cl3N.ClH/c1-22-18-7-5-13(12-3-6-16(20)17(21)9-12)14-4-2-11(10-19)8-15(14)18;/h2-4,6,8-9,13,18,22H,5,7,10H2,1H3;1H/t13?,18-;/m0./s1. The van der Waals surface area contributed by atoms with Crippen LogP contribution in [0.5, 0.6) is 0 Å². The number of alkyl halides is 1. The summed E-state index contributed by atoms with van der Waals surface area (Å²) in [6.07, 6.45) is 2.19. The molecule has 0 fully saturated rings. The van der Waals surface area contributed by atoms with Gasteiger partial charge in [0.25, 0.3) is 0 Å². The fourth-order valence-corrected chi connectivity index (χ4v) is 3.82. The van der Waals surface area contributed by atoms with E-state index in [0.717, 1.165) is 18.4 Å². The van der Waals surface area contributed by atoms with E-state index in [9.17, 15) is 0 Å². The molecule has 0 heterocycles. The smallest absolute Gasteiger partial charge is 0.0595 e. The second kappa shape index (κ2) is 8.09. The van der Waals surface area contributed by atoms with E-state index in [0.29, 0.717) is 27.9 Å². The molecule has 0 saturated heterocycles. The van der Waals surface area contributed by atoms with E-state index in [1.165, 1.54) is 16.7 Å². The number of rotatable bonds is 3. The van der Waals surface area contributed by atoms with Crippen LogP contribution in [0.2, 0.25) is 10.0 Å². The van der Waals surface area contributed by atoms with Gasteiger partial charge in [0, 0.05) is 17.8 Å². The summed E-state index contributed by atoms with van der Waals surface area (Å²) in [5, 5.41) is 4.64. The molecular weight excluding hydrogens is 372 g/mol. The van der Waals surface area contributed by atoms with Crippen molar-refractivity contribution in [3.63, 3.8) is 0 Å². The van der Waals surface area contributed by atoms with Crippen LogP contribution < -0.4 is 5.32 Å². The van der Waals surface area contributed by atoms with Crippen LogP contribution in [-0.4, -0.2) is 7.05 Å². The number of nitrogens with one attached hydrogen (secondary N) is 1. The minimum atomic E-state index is 0. The van der Waals surface area contributed by atoms with E-state index in [-0.39, 0.29) is 12.4 Å². The molecule has 0 radical (unpaired) electrons. The molecule has 1 aliphatic carbocycles. The van der Waals surface area contributed by atoms with Crippen molar-refractivity contribution in [3.05, 3.63) is 68.7 Å². The third-order valence-corrected chi connectivity index (χ3v) is 5.54. The van der Waals surface area contributed by atoms with Gasteiger partial charge < -0.3 is 5.32 Å². The molecule has 0 spiro atoms. The van der Waals surface area contributed by atoms with Crippen LogP contribution >= 0.6 is 47.2 Å². The Balaban J connectivity index is 0.00000192. The first-order valence-corrected chi connectivity index (χ1v) is 8.74. The van der Waals surface area contributed by atoms with Crippen LogP contribution in [0, 0.1) is 0 Å². The summed E-state index contributed by atoms with van der Waals surface area (Å²) in [6.45, 7) is 0. The summed E-state index contributed by atoms with van der Waals surface area (Å²) >= 11 is 18.2. The molecule has 5 heteroatoms. The molecule has 1 aliphatic rings. The van der Waals surface area contributed by atoms with Crippen molar-refractivity contribution in [1.29, 1.82) is 0 Å². The van der Waals surface area contributed by atoms with Crippen LogP contribution in [0.15, 0.2) is 36.4 Å². The first-order valence-electron chi connectivity index (χ1n) is 7.45. The van der Waals surface area contributed by atoms with Gasteiger partial charge in [-0.15, -0.1) is 24.0 Å². The van der Waals surface area contributed by atoms with Gasteiger partial charge in [0.15, 0.2) is 0 Å². The molecule has 0 amide bonds. The molecule has 1 nitrogen and oxygen atoms in total. The molecule has 2 aromatic rings. The van der Waals surface area contributed by atoms with Gasteiger partial charge >= 0.3 is 0 Å². The first kappa shape index (κ1) is 18.9. The Hall–Kier alpha value is -0.440. The Morgan fingerprint density at radius 2 is 1.78 bits per heavy atom. The van der Waals surface area contributed by atoms with E-state index in [4.69, 9.17) is 34.8 Å². The third-order valence-electron chi connectivity index (χ3n) is 4.49. The third kappa shape index (κ3) is 3.81. The summed E-state index contributed by atoms with van der Waals surface area (Å²) in [5.74, 6) is 0.903. The summed E-state index contributed by atoms with van der Waals surface area (Å²) in [4.78, 5) is 0. The monoisotopic (exact) mass is 389 g/mol. The molecule has 1 N–H and O–H groups in total. The van der Waals surface area contributed by atoms with Crippen molar-refractivity contribution in [2.24, 2.45) is 0 Å². The average Bonchev–Trinajstić information content (AvgIpc) is 2.55. The minimum absolute atomic E-state index is 0. The summed E-state index contributed by atoms with van der Waals surface area (Å²) in [5.41, 5.74) is 5.10. The maximum Gasteiger partial charge on any atom is 0.0595 e. The quantitative estimate of drug-likeness (QED) is 0.602. The Morgan fingerprint density at radius 1 is 1.00 bits per heavy atom. The molecule has 1 unspecified atom stereocenters. The van der Waals surface area contributed by atoms with Crippen molar-refractivity contribution in [1.82, 2.24) is 5.32 Å². The summed E-state index contributed by atoms with van der Waals surface area (Å²) in [7, 11) is 2.02. The van der Waals surface area contributed by atoms with E-state index in [2.05, 4.69) is 29.6 Å². The zero-order valence-corrected chi connectivity index (χ0v) is 15.9. The van der Waals surface area contributed by atoms with E-state index >= 15 is 0 Å². The number of halogens is 4. The highest BCUT2D eigenvalue weighted by Crippen LogP contribution is 2.42. The Bertz CT molecular complexity index is 687. The van der Waals surface area contributed by atoms with Gasteiger partial charge in [0.2, 0.25) is 0 Å². The van der Waals surface area contributed by atoms with Gasteiger partial charge in [-0.1, -0.05) is 47.5 Å². The van der Waals surface area contributed by atoms with Gasteiger partial charge in [0.1, 0.15) is 0 Å². The number of hydrogen-bond acceptors (Lipinski definition) is 1. The van der Waals surface area contributed by atoms with Crippen LogP contribution in [0.4, 0.5) is 0 Å². The fraction of sp³-hybridized carbons (Fsp3) is 0.333. The molecule has 124 valence electrons. The van der Waals surface area contributed by atoms with Crippen molar-refractivity contribution in [2.45, 2.75) is 30.7 Å². The van der Waals surface area contributed by atoms with Crippen molar-refractivity contribution >= 4 is 47.2 Å². The van der Waals surface area contributed by atoms with E-state index < -0.39 is 0 Å². The zero-order chi connectivity index (χ0) is 15.7. The SMILES string of the molecule is CN[C@H]1CCC(c2ccc(Cl)c(Cl)c2)c2ccc(CCl)cc21.Cl. The van der Waals surface area contributed by atoms with Gasteiger partial charge in [0.05, 0.1) is 10.0 Å². The molecule has 3 rings (SSSR count). The minimum Gasteiger partial charge on any atom is -0.313 e. The van der Waals surface area contributed by atoms with E-state index in [1.807, 2.05) is 19.2 Å². The number of fused-ring (bicyclic) bond motifs is 1. The Morgan fingerprint density at radius 3 is 2.43 bits per heavy atom. The van der Waals surface area contributed by atoms with Crippen LogP contribution in [0.1, 0.15) is 47.1 Å². The summed E-state index contributed by atoms with van der Waals surface area (Å²) in [6, 6.07) is 12.9. The van der Waals surface area contributed by atoms with Crippen LogP contribution in [0.25, 0.3) is 0 Å². The lowest BCUT2D eigenvalue weighted by molar-refractivity contribution is 0.470.